The van der Waals surface area contributed by atoms with Crippen LogP contribution < -0.4 is 9.47 Å². The number of aryl methyl sites for hydroxylation is 2. The van der Waals surface area contributed by atoms with Crippen LogP contribution in [0, 0.1) is 19.8 Å². The molecule has 1 aliphatic rings. The quantitative estimate of drug-likeness (QED) is 0.210. The summed E-state index contributed by atoms with van der Waals surface area (Å²) in [5.41, 5.74) is 1.59. The van der Waals surface area contributed by atoms with Gasteiger partial charge in [-0.25, -0.2) is 9.59 Å². The molecule has 3 aromatic rings. The second-order valence-electron chi connectivity index (χ2n) is 10.4. The molecule has 40 heavy (non-hydrogen) atoms. The Hall–Kier alpha value is -3.30. The molecule has 0 aliphatic carbocycles. The zero-order valence-corrected chi connectivity index (χ0v) is 25.5. The van der Waals surface area contributed by atoms with E-state index in [0.29, 0.717) is 23.6 Å². The van der Waals surface area contributed by atoms with Crippen LogP contribution in [0.1, 0.15) is 46.8 Å². The lowest BCUT2D eigenvalue weighted by molar-refractivity contribution is -0.152. The maximum absolute atomic E-state index is 13.8. The number of ether oxygens (including phenoxy) is 2. The molecule has 2 atom stereocenters. The molecule has 3 aromatic carbocycles. The van der Waals surface area contributed by atoms with E-state index < -0.39 is 23.6 Å². The van der Waals surface area contributed by atoms with E-state index in [2.05, 4.69) is 15.9 Å². The van der Waals surface area contributed by atoms with Crippen LogP contribution >= 0.6 is 27.7 Å². The predicted octanol–water partition coefficient (Wildman–Crippen LogP) is 7.13. The summed E-state index contributed by atoms with van der Waals surface area (Å²) in [5.74, 6) is -0.969. The highest BCUT2D eigenvalue weighted by molar-refractivity contribution is 9.10. The Balaban J connectivity index is 1.66. The Morgan fingerprint density at radius 3 is 2.12 bits per heavy atom. The minimum atomic E-state index is -1.40. The third kappa shape index (κ3) is 6.53. The second kappa shape index (κ2) is 12.1. The van der Waals surface area contributed by atoms with E-state index in [-0.39, 0.29) is 18.2 Å². The molecule has 1 fully saturated rings. The number of carbonyl (C=O) groups excluding carboxylic acids is 2. The fourth-order valence-electron chi connectivity index (χ4n) is 4.85. The van der Waals surface area contributed by atoms with E-state index in [4.69, 9.17) is 9.47 Å². The van der Waals surface area contributed by atoms with Crippen molar-refractivity contribution in [2.75, 3.05) is 19.3 Å². The van der Waals surface area contributed by atoms with Gasteiger partial charge in [0.05, 0.1) is 0 Å². The van der Waals surface area contributed by atoms with Crippen molar-refractivity contribution in [1.29, 1.82) is 0 Å². The van der Waals surface area contributed by atoms with Gasteiger partial charge in [0.1, 0.15) is 11.5 Å². The van der Waals surface area contributed by atoms with Gasteiger partial charge in [0.2, 0.25) is 0 Å². The normalized spacial score (nSPS) is 17.0. The number of thioether (sulfide) groups is 1. The molecule has 1 N–H and O–H groups in total. The summed E-state index contributed by atoms with van der Waals surface area (Å²) in [7, 11) is 0. The van der Waals surface area contributed by atoms with Crippen molar-refractivity contribution in [1.82, 2.24) is 4.90 Å². The molecule has 0 aromatic heterocycles. The fourth-order valence-corrected chi connectivity index (χ4v) is 5.52. The van der Waals surface area contributed by atoms with Gasteiger partial charge in [-0.3, -0.25) is 4.79 Å². The van der Waals surface area contributed by atoms with Crippen molar-refractivity contribution < 1.29 is 29.0 Å². The summed E-state index contributed by atoms with van der Waals surface area (Å²) in [5, 5.41) is 9.53. The molecular formula is C31H32BrNO6S. The SMILES string of the molecule is CSc1ccc(C(=O)C2CN(C(=O)Oc3ccc(Br)cc3)CC2c2cc(C)c(OC(C)(C)C(=O)O)c(C)c2)cc1. The molecule has 210 valence electrons. The Bertz CT molecular complexity index is 1400. The van der Waals surface area contributed by atoms with E-state index in [1.807, 2.05) is 56.5 Å². The van der Waals surface area contributed by atoms with Gasteiger partial charge in [-0.05, 0) is 87.0 Å². The minimum Gasteiger partial charge on any atom is -0.478 e. The maximum Gasteiger partial charge on any atom is 0.415 e. The zero-order chi connectivity index (χ0) is 29.2. The standard InChI is InChI=1S/C31H32BrNO6S/c1-18-14-21(15-19(2)28(18)39-31(3,4)29(35)36)25-16-33(30(37)38-23-10-8-22(32)9-11-23)17-26(25)27(34)20-6-12-24(40-5)13-7-20/h6-15,25-26H,16-17H2,1-5H3,(H,35,36). The minimum absolute atomic E-state index is 0.0424. The number of carboxylic acids is 1. The topological polar surface area (TPSA) is 93.1 Å². The number of benzene rings is 3. The predicted molar refractivity (Wildman–Crippen MR) is 159 cm³/mol. The van der Waals surface area contributed by atoms with Crippen molar-refractivity contribution in [3.63, 3.8) is 0 Å². The first kappa shape index (κ1) is 29.7. The molecule has 0 radical (unpaired) electrons. The third-order valence-electron chi connectivity index (χ3n) is 7.09. The first-order valence-corrected chi connectivity index (χ1v) is 14.9. The number of Topliss-reactive ketones (excluding diaryl/α,β-unsaturated/α-hetero) is 1. The lowest BCUT2D eigenvalue weighted by Gasteiger charge is -2.26. The molecule has 1 amide bonds. The number of aliphatic carboxylic acids is 1. The number of rotatable bonds is 8. The summed E-state index contributed by atoms with van der Waals surface area (Å²) in [6, 6.07) is 18.3. The Labute approximate surface area is 247 Å². The fraction of sp³-hybridized carbons (Fsp3) is 0.323. The van der Waals surface area contributed by atoms with Gasteiger partial charge in [0.15, 0.2) is 11.4 Å². The molecule has 0 spiro atoms. The molecule has 1 saturated heterocycles. The number of ketones is 1. The Kier molecular flexibility index (Phi) is 8.95. The van der Waals surface area contributed by atoms with Crippen molar-refractivity contribution >= 4 is 45.5 Å². The van der Waals surface area contributed by atoms with E-state index >= 15 is 0 Å². The van der Waals surface area contributed by atoms with Crippen LogP contribution in [0.4, 0.5) is 4.79 Å². The van der Waals surface area contributed by atoms with Gasteiger partial charge >= 0.3 is 12.1 Å². The molecule has 2 unspecified atom stereocenters. The Morgan fingerprint density at radius 2 is 1.57 bits per heavy atom. The van der Waals surface area contributed by atoms with Crippen LogP contribution in [0.25, 0.3) is 0 Å². The lowest BCUT2D eigenvalue weighted by atomic mass is 9.82. The van der Waals surface area contributed by atoms with Gasteiger partial charge < -0.3 is 19.5 Å². The van der Waals surface area contributed by atoms with E-state index in [1.54, 1.807) is 40.9 Å². The Morgan fingerprint density at radius 1 is 0.975 bits per heavy atom. The molecule has 1 aliphatic heterocycles. The average molecular weight is 627 g/mol. The van der Waals surface area contributed by atoms with Crippen molar-refractivity contribution in [3.8, 4) is 11.5 Å². The highest BCUT2D eigenvalue weighted by Gasteiger charge is 2.42. The monoisotopic (exact) mass is 625 g/mol. The van der Waals surface area contributed by atoms with Crippen LogP contribution in [-0.4, -0.2) is 52.8 Å². The van der Waals surface area contributed by atoms with Gasteiger partial charge in [0, 0.05) is 39.9 Å². The summed E-state index contributed by atoms with van der Waals surface area (Å²) in [6.45, 7) is 7.24. The highest BCUT2D eigenvalue weighted by Crippen LogP contribution is 2.39. The number of carboxylic acid groups (broad SMARTS) is 1. The summed E-state index contributed by atoms with van der Waals surface area (Å²) >= 11 is 4.98. The van der Waals surface area contributed by atoms with Gasteiger partial charge in [-0.2, -0.15) is 0 Å². The zero-order valence-electron chi connectivity index (χ0n) is 23.1. The third-order valence-corrected chi connectivity index (χ3v) is 8.36. The van der Waals surface area contributed by atoms with Gasteiger partial charge in [0.25, 0.3) is 0 Å². The molecule has 0 saturated carbocycles. The maximum atomic E-state index is 13.8. The molecule has 7 nitrogen and oxygen atoms in total. The number of hydrogen-bond donors (Lipinski definition) is 1. The van der Waals surface area contributed by atoms with Gasteiger partial charge in [-0.15, -0.1) is 11.8 Å². The van der Waals surface area contributed by atoms with E-state index in [0.717, 1.165) is 26.1 Å². The number of nitrogens with zero attached hydrogens (tertiary/aromatic N) is 1. The number of carbonyl (C=O) groups is 3. The van der Waals surface area contributed by atoms with Crippen LogP contribution in [0.2, 0.25) is 0 Å². The largest absolute Gasteiger partial charge is 0.478 e. The first-order chi connectivity index (χ1) is 18.9. The van der Waals surface area contributed by atoms with Crippen LogP contribution in [0.3, 0.4) is 0 Å². The van der Waals surface area contributed by atoms with Crippen LogP contribution in [0.5, 0.6) is 11.5 Å². The lowest BCUT2D eigenvalue weighted by Crippen LogP contribution is -2.38. The molecule has 9 heteroatoms. The van der Waals surface area contributed by atoms with Crippen molar-refractivity contribution in [2.24, 2.45) is 5.92 Å². The number of hydrogen-bond acceptors (Lipinski definition) is 6. The van der Waals surface area contributed by atoms with Crippen LogP contribution in [0.15, 0.2) is 70.0 Å². The first-order valence-electron chi connectivity index (χ1n) is 12.8. The number of amides is 1. The van der Waals surface area contributed by atoms with Crippen molar-refractivity contribution in [2.45, 2.75) is 44.1 Å². The highest BCUT2D eigenvalue weighted by atomic mass is 79.9. The summed E-state index contributed by atoms with van der Waals surface area (Å²) in [4.78, 5) is 41.3. The van der Waals surface area contributed by atoms with Gasteiger partial charge in [-0.1, -0.05) is 40.2 Å². The van der Waals surface area contributed by atoms with E-state index in [1.165, 1.54) is 13.8 Å². The summed E-state index contributed by atoms with van der Waals surface area (Å²) in [6.07, 6.45) is 1.46. The molecule has 1 heterocycles. The summed E-state index contributed by atoms with van der Waals surface area (Å²) < 4.78 is 12.4. The second-order valence-corrected chi connectivity index (χ2v) is 12.2. The number of likely N-dealkylation sites (tertiary alicyclic amines) is 1. The van der Waals surface area contributed by atoms with Crippen molar-refractivity contribution in [3.05, 3.63) is 87.4 Å². The molecular weight excluding hydrogens is 594 g/mol. The smallest absolute Gasteiger partial charge is 0.415 e. The molecule has 0 bridgehead atoms. The average Bonchev–Trinajstić information content (AvgIpc) is 3.37. The van der Waals surface area contributed by atoms with E-state index in [9.17, 15) is 19.5 Å². The van der Waals surface area contributed by atoms with Crippen LogP contribution in [-0.2, 0) is 4.79 Å². The molecule has 4 rings (SSSR count). The number of halogens is 1.